The van der Waals surface area contributed by atoms with Crippen molar-refractivity contribution >= 4 is 17.2 Å². The summed E-state index contributed by atoms with van der Waals surface area (Å²) in [5, 5.41) is 0.0837. The minimum Gasteiger partial charge on any atom is -0.493 e. The third kappa shape index (κ3) is 4.94. The van der Waals surface area contributed by atoms with Crippen LogP contribution < -0.4 is 25.8 Å². The number of hydrogen-bond donors (Lipinski definition) is 2. The Morgan fingerprint density at radius 3 is 2.23 bits per heavy atom. The molecule has 0 aliphatic heterocycles. The van der Waals surface area contributed by atoms with Gasteiger partial charge in [0.1, 0.15) is 23.1 Å². The molecule has 2 aromatic heterocycles. The van der Waals surface area contributed by atoms with E-state index in [2.05, 4.69) is 9.97 Å². The van der Waals surface area contributed by atoms with E-state index in [4.69, 9.17) is 15.2 Å². The molecular formula is C30H23F3N4O3. The number of rotatable bonds is 7. The number of H-pyrrole nitrogens is 1. The summed E-state index contributed by atoms with van der Waals surface area (Å²) in [6.45, 7) is 0. The summed E-state index contributed by atoms with van der Waals surface area (Å²) in [4.78, 5) is 20.0. The Morgan fingerprint density at radius 2 is 1.52 bits per heavy atom. The molecule has 10 heteroatoms. The number of benzene rings is 3. The van der Waals surface area contributed by atoms with E-state index in [1.54, 1.807) is 30.5 Å². The first kappa shape index (κ1) is 26.4. The Balaban J connectivity index is 1.49. The van der Waals surface area contributed by atoms with Crippen molar-refractivity contribution in [1.29, 1.82) is 0 Å². The number of hydrogen-bond acceptors (Lipinski definition) is 6. The van der Waals surface area contributed by atoms with E-state index < -0.39 is 17.1 Å². The normalized spacial score (nSPS) is 10.8. The molecule has 0 bridgehead atoms. The van der Waals surface area contributed by atoms with E-state index in [0.29, 0.717) is 28.2 Å². The van der Waals surface area contributed by atoms with Gasteiger partial charge in [-0.3, -0.25) is 4.79 Å². The van der Waals surface area contributed by atoms with Crippen molar-refractivity contribution in [2.45, 2.75) is 0 Å². The SMILES string of the molecule is COc1ccc(-c2cnc(N)c(-c3ccc(N(F)c4c[nH]cc(-c5ccc(F)cc5)c4=O)cc3F)c2)cc1OC. The van der Waals surface area contributed by atoms with Gasteiger partial charge in [-0.05, 0) is 53.6 Å². The molecule has 0 amide bonds. The van der Waals surface area contributed by atoms with E-state index in [-0.39, 0.29) is 33.4 Å². The fourth-order valence-electron chi connectivity index (χ4n) is 4.31. The first-order valence-electron chi connectivity index (χ1n) is 12.0. The number of halogens is 3. The fraction of sp³-hybridized carbons (Fsp3) is 0.0667. The Hall–Kier alpha value is -5.25. The smallest absolute Gasteiger partial charge is 0.215 e. The van der Waals surface area contributed by atoms with Gasteiger partial charge >= 0.3 is 0 Å². The highest BCUT2D eigenvalue weighted by Crippen LogP contribution is 2.37. The van der Waals surface area contributed by atoms with E-state index in [1.165, 1.54) is 56.8 Å². The van der Waals surface area contributed by atoms with E-state index in [0.717, 1.165) is 17.8 Å². The Labute approximate surface area is 227 Å². The standard InChI is InChI=1S/C30H23F3N4O3/c1-39-27-10-5-18(12-28(27)40-2)19-11-23(30(34)36-14-19)22-9-8-21(13-25(22)32)37(33)26-16-35-15-24(29(26)38)17-3-6-20(31)7-4-17/h3-16H,1-2H3,(H2,34,36)(H,35,38). The second-order valence-electron chi connectivity index (χ2n) is 8.76. The molecule has 0 unspecified atom stereocenters. The number of methoxy groups -OCH3 is 2. The molecule has 0 saturated carbocycles. The second kappa shape index (κ2) is 10.9. The van der Waals surface area contributed by atoms with Crippen LogP contribution in [0.1, 0.15) is 0 Å². The number of aromatic amines is 1. The molecule has 5 rings (SSSR count). The highest BCUT2D eigenvalue weighted by molar-refractivity contribution is 5.81. The fourth-order valence-corrected chi connectivity index (χ4v) is 4.31. The van der Waals surface area contributed by atoms with Crippen molar-refractivity contribution in [2.24, 2.45) is 0 Å². The lowest BCUT2D eigenvalue weighted by Gasteiger charge is -2.16. The molecule has 5 aromatic rings. The number of pyridine rings is 2. The molecule has 202 valence electrons. The molecule has 40 heavy (non-hydrogen) atoms. The zero-order valence-corrected chi connectivity index (χ0v) is 21.4. The molecule has 0 fully saturated rings. The van der Waals surface area contributed by atoms with Crippen molar-refractivity contribution in [2.75, 3.05) is 25.1 Å². The Bertz CT molecular complexity index is 1760. The highest BCUT2D eigenvalue weighted by atomic mass is 19.2. The van der Waals surface area contributed by atoms with Crippen LogP contribution in [0.3, 0.4) is 0 Å². The Kier molecular flexibility index (Phi) is 7.15. The maximum atomic E-state index is 15.4. The van der Waals surface area contributed by atoms with Crippen molar-refractivity contribution in [1.82, 2.24) is 9.97 Å². The number of nitrogens with one attached hydrogen (secondary N) is 1. The van der Waals surface area contributed by atoms with Crippen LogP contribution in [0.15, 0.2) is 90.1 Å². The van der Waals surface area contributed by atoms with Crippen molar-refractivity contribution in [3.05, 3.63) is 107 Å². The summed E-state index contributed by atoms with van der Waals surface area (Å²) in [7, 11) is 3.05. The van der Waals surface area contributed by atoms with Gasteiger partial charge in [-0.2, -0.15) is 5.12 Å². The summed E-state index contributed by atoms with van der Waals surface area (Å²) in [6, 6.07) is 15.8. The van der Waals surface area contributed by atoms with Crippen LogP contribution >= 0.6 is 0 Å². The molecule has 0 saturated heterocycles. The Morgan fingerprint density at radius 1 is 0.800 bits per heavy atom. The topological polar surface area (TPSA) is 93.5 Å². The van der Waals surface area contributed by atoms with Crippen molar-refractivity contribution in [3.8, 4) is 44.9 Å². The summed E-state index contributed by atoms with van der Waals surface area (Å²) in [6.07, 6.45) is 4.10. The number of ether oxygens (including phenoxy) is 2. The number of anilines is 3. The summed E-state index contributed by atoms with van der Waals surface area (Å²) in [5.41, 5.74) is 7.14. The van der Waals surface area contributed by atoms with E-state index in [9.17, 15) is 9.18 Å². The average Bonchev–Trinajstić information content (AvgIpc) is 2.97. The zero-order valence-electron chi connectivity index (χ0n) is 21.4. The lowest BCUT2D eigenvalue weighted by Crippen LogP contribution is -2.17. The third-order valence-corrected chi connectivity index (χ3v) is 6.40. The van der Waals surface area contributed by atoms with Crippen LogP contribution in [0, 0.1) is 11.6 Å². The molecule has 0 aliphatic rings. The molecule has 3 aromatic carbocycles. The first-order chi connectivity index (χ1) is 19.3. The number of nitrogen functional groups attached to an aromatic ring is 1. The summed E-state index contributed by atoms with van der Waals surface area (Å²) >= 11 is 0. The first-order valence-corrected chi connectivity index (χ1v) is 12.0. The van der Waals surface area contributed by atoms with Gasteiger partial charge in [-0.15, -0.1) is 0 Å². The van der Waals surface area contributed by atoms with Crippen molar-refractivity contribution < 1.29 is 22.7 Å². The number of aromatic nitrogens is 2. The van der Waals surface area contributed by atoms with Crippen LogP contribution in [0.4, 0.5) is 30.5 Å². The van der Waals surface area contributed by atoms with Gasteiger partial charge in [0.15, 0.2) is 11.5 Å². The number of nitrogens with two attached hydrogens (primary N) is 1. The lowest BCUT2D eigenvalue weighted by atomic mass is 10.00. The second-order valence-corrected chi connectivity index (χ2v) is 8.76. The summed E-state index contributed by atoms with van der Waals surface area (Å²) in [5.74, 6) is -0.102. The van der Waals surface area contributed by atoms with Gasteiger partial charge in [0.2, 0.25) is 5.43 Å². The molecule has 2 heterocycles. The van der Waals surface area contributed by atoms with Crippen LogP contribution in [0.25, 0.3) is 33.4 Å². The van der Waals surface area contributed by atoms with Crippen LogP contribution in [0.5, 0.6) is 11.5 Å². The van der Waals surface area contributed by atoms with Gasteiger partial charge in [0.05, 0.1) is 19.9 Å². The molecule has 0 aliphatic carbocycles. The van der Waals surface area contributed by atoms with Crippen LogP contribution in [-0.2, 0) is 0 Å². The predicted molar refractivity (Wildman–Crippen MR) is 148 cm³/mol. The third-order valence-electron chi connectivity index (χ3n) is 6.40. The molecule has 0 spiro atoms. The molecular weight excluding hydrogens is 521 g/mol. The summed E-state index contributed by atoms with van der Waals surface area (Å²) < 4.78 is 54.8. The quantitative estimate of drug-likeness (QED) is 0.222. The maximum absolute atomic E-state index is 15.4. The van der Waals surface area contributed by atoms with Gasteiger partial charge in [-0.25, -0.2) is 13.8 Å². The van der Waals surface area contributed by atoms with Crippen molar-refractivity contribution in [3.63, 3.8) is 0 Å². The zero-order chi connectivity index (χ0) is 28.4. The minimum atomic E-state index is -0.774. The molecule has 0 radical (unpaired) electrons. The van der Waals surface area contributed by atoms with Gasteiger partial charge in [0, 0.05) is 46.9 Å². The van der Waals surface area contributed by atoms with Gasteiger partial charge < -0.3 is 20.2 Å². The monoisotopic (exact) mass is 544 g/mol. The van der Waals surface area contributed by atoms with Crippen LogP contribution in [-0.4, -0.2) is 24.2 Å². The predicted octanol–water partition coefficient (Wildman–Crippen LogP) is 6.67. The maximum Gasteiger partial charge on any atom is 0.215 e. The lowest BCUT2D eigenvalue weighted by molar-refractivity contribution is 0.355. The molecule has 7 nitrogen and oxygen atoms in total. The highest BCUT2D eigenvalue weighted by Gasteiger charge is 2.19. The van der Waals surface area contributed by atoms with E-state index in [1.807, 2.05) is 0 Å². The average molecular weight is 545 g/mol. The van der Waals surface area contributed by atoms with Gasteiger partial charge in [0.25, 0.3) is 0 Å². The largest absolute Gasteiger partial charge is 0.493 e. The van der Waals surface area contributed by atoms with Gasteiger partial charge in [-0.1, -0.05) is 22.7 Å². The molecule has 0 atom stereocenters. The van der Waals surface area contributed by atoms with E-state index >= 15 is 8.87 Å². The van der Waals surface area contributed by atoms with Crippen LogP contribution in [0.2, 0.25) is 0 Å². The number of nitrogens with zero attached hydrogens (tertiary/aromatic N) is 2. The minimum absolute atomic E-state index is 0.0800. The molecule has 3 N–H and O–H groups in total.